The number of nitro groups is 1. The Kier molecular flexibility index (Phi) is 5.02. The fourth-order valence-electron chi connectivity index (χ4n) is 3.23. The van der Waals surface area contributed by atoms with Gasteiger partial charge in [0, 0.05) is 12.5 Å². The Labute approximate surface area is 152 Å². The molecule has 0 radical (unpaired) electrons. The van der Waals surface area contributed by atoms with Crippen molar-refractivity contribution in [2.75, 3.05) is 5.43 Å². The normalized spacial score (nSPS) is 15.9. The molecule has 6 nitrogen and oxygen atoms in total. The minimum absolute atomic E-state index is 0.0468. The van der Waals surface area contributed by atoms with Crippen LogP contribution in [0.15, 0.2) is 42.5 Å². The fraction of sp³-hybridized carbons (Fsp3) is 0.278. The van der Waals surface area contributed by atoms with Crippen molar-refractivity contribution in [3.63, 3.8) is 0 Å². The summed E-state index contributed by atoms with van der Waals surface area (Å²) in [5.74, 6) is -0.350. The van der Waals surface area contributed by atoms with Gasteiger partial charge in [0.2, 0.25) is 5.91 Å². The Morgan fingerprint density at radius 2 is 1.96 bits per heavy atom. The van der Waals surface area contributed by atoms with E-state index in [0.29, 0.717) is 12.1 Å². The van der Waals surface area contributed by atoms with Crippen LogP contribution in [-0.4, -0.2) is 10.8 Å². The van der Waals surface area contributed by atoms with Crippen LogP contribution in [0.5, 0.6) is 0 Å². The number of halogens is 3. The summed E-state index contributed by atoms with van der Waals surface area (Å²) in [4.78, 5) is 22.3. The Morgan fingerprint density at radius 1 is 1.22 bits per heavy atom. The second kappa shape index (κ2) is 7.26. The molecule has 9 heteroatoms. The Morgan fingerprint density at radius 3 is 2.67 bits per heavy atom. The lowest BCUT2D eigenvalue weighted by Crippen LogP contribution is -2.30. The van der Waals surface area contributed by atoms with E-state index in [1.165, 1.54) is 5.56 Å². The molecule has 0 aromatic heterocycles. The maximum Gasteiger partial charge on any atom is 0.416 e. The van der Waals surface area contributed by atoms with E-state index in [1.807, 2.05) is 24.3 Å². The van der Waals surface area contributed by atoms with Crippen LogP contribution in [0.3, 0.4) is 0 Å². The van der Waals surface area contributed by atoms with E-state index in [9.17, 15) is 28.1 Å². The molecule has 0 aliphatic heterocycles. The van der Waals surface area contributed by atoms with Gasteiger partial charge in [0.15, 0.2) is 0 Å². The summed E-state index contributed by atoms with van der Waals surface area (Å²) in [5, 5.41) is 11.0. The van der Waals surface area contributed by atoms with Gasteiger partial charge in [-0.25, -0.2) is 0 Å². The highest BCUT2D eigenvalue weighted by Crippen LogP contribution is 2.36. The summed E-state index contributed by atoms with van der Waals surface area (Å²) in [6.07, 6.45) is -2.81. The molecule has 27 heavy (non-hydrogen) atoms. The van der Waals surface area contributed by atoms with Gasteiger partial charge in [-0.1, -0.05) is 24.3 Å². The topological polar surface area (TPSA) is 84.3 Å². The van der Waals surface area contributed by atoms with Crippen LogP contribution in [-0.2, 0) is 17.4 Å². The molecule has 0 saturated carbocycles. The molecular weight excluding hydrogens is 363 g/mol. The van der Waals surface area contributed by atoms with Crippen molar-refractivity contribution in [2.45, 2.75) is 31.4 Å². The first kappa shape index (κ1) is 18.7. The number of carbonyl (C=O) groups is 1. The van der Waals surface area contributed by atoms with Gasteiger partial charge in [-0.2, -0.15) is 13.2 Å². The molecule has 0 bridgehead atoms. The maximum absolute atomic E-state index is 12.7. The number of nitrogens with zero attached hydrogens (tertiary/aromatic N) is 1. The van der Waals surface area contributed by atoms with E-state index >= 15 is 0 Å². The summed E-state index contributed by atoms with van der Waals surface area (Å²) >= 11 is 0. The highest BCUT2D eigenvalue weighted by Gasteiger charge is 2.33. The van der Waals surface area contributed by atoms with Gasteiger partial charge in [-0.05, 0) is 42.0 Å². The lowest BCUT2D eigenvalue weighted by atomic mass is 9.98. The van der Waals surface area contributed by atoms with Crippen molar-refractivity contribution in [1.29, 1.82) is 0 Å². The number of amides is 1. The van der Waals surface area contributed by atoms with E-state index in [0.717, 1.165) is 24.5 Å². The zero-order chi connectivity index (χ0) is 19.6. The summed E-state index contributed by atoms with van der Waals surface area (Å²) in [6.45, 7) is 0. The van der Waals surface area contributed by atoms with Crippen molar-refractivity contribution in [3.05, 3.63) is 69.3 Å². The van der Waals surface area contributed by atoms with Crippen molar-refractivity contribution in [1.82, 2.24) is 5.43 Å². The van der Waals surface area contributed by atoms with Crippen LogP contribution >= 0.6 is 0 Å². The van der Waals surface area contributed by atoms with Gasteiger partial charge in [0.05, 0.1) is 10.5 Å². The molecule has 2 N–H and O–H groups in total. The average Bonchev–Trinajstić information content (AvgIpc) is 3.02. The number of hydrazine groups is 1. The Balaban J connectivity index is 1.66. The SMILES string of the molecule is O=C(CC1CCc2ccccc21)NNc1ccc(C(F)(F)F)cc1[N+](=O)[O-]. The maximum atomic E-state index is 12.7. The van der Waals surface area contributed by atoms with Gasteiger partial charge in [-0.15, -0.1) is 0 Å². The number of nitrogens with one attached hydrogen (secondary N) is 2. The van der Waals surface area contributed by atoms with Crippen LogP contribution in [0.1, 0.15) is 35.4 Å². The monoisotopic (exact) mass is 379 g/mol. The molecule has 2 aromatic carbocycles. The number of aryl methyl sites for hydroxylation is 1. The average molecular weight is 379 g/mol. The number of hydrogen-bond acceptors (Lipinski definition) is 4. The first-order chi connectivity index (χ1) is 12.8. The zero-order valence-corrected chi connectivity index (χ0v) is 14.0. The van der Waals surface area contributed by atoms with E-state index in [1.54, 1.807) is 0 Å². The van der Waals surface area contributed by atoms with Crippen LogP contribution in [0.25, 0.3) is 0 Å². The predicted molar refractivity (Wildman–Crippen MR) is 92.0 cm³/mol. The zero-order valence-electron chi connectivity index (χ0n) is 14.0. The van der Waals surface area contributed by atoms with E-state index < -0.39 is 28.3 Å². The fourth-order valence-corrected chi connectivity index (χ4v) is 3.23. The van der Waals surface area contributed by atoms with Crippen LogP contribution < -0.4 is 10.9 Å². The smallest absolute Gasteiger partial charge is 0.292 e. The minimum atomic E-state index is -4.69. The quantitative estimate of drug-likeness (QED) is 0.603. The third kappa shape index (κ3) is 4.18. The van der Waals surface area contributed by atoms with Gasteiger partial charge >= 0.3 is 6.18 Å². The lowest BCUT2D eigenvalue weighted by Gasteiger charge is -2.14. The number of rotatable bonds is 5. The number of nitro benzene ring substituents is 1. The molecule has 1 aliphatic carbocycles. The van der Waals surface area contributed by atoms with E-state index in [4.69, 9.17) is 0 Å². The molecule has 1 atom stereocenters. The molecular formula is C18H16F3N3O3. The number of benzene rings is 2. The van der Waals surface area contributed by atoms with Crippen LogP contribution in [0.4, 0.5) is 24.5 Å². The summed E-state index contributed by atoms with van der Waals surface area (Å²) in [6, 6.07) is 9.89. The molecule has 0 spiro atoms. The third-order valence-corrected chi connectivity index (χ3v) is 4.55. The number of carbonyl (C=O) groups excluding carboxylic acids is 1. The van der Waals surface area contributed by atoms with Gasteiger partial charge < -0.3 is 0 Å². The standard InChI is InChI=1S/C18H16F3N3O3/c19-18(20,21)13-7-8-15(16(10-13)24(26)27)22-23-17(25)9-12-6-5-11-3-1-2-4-14(11)12/h1-4,7-8,10,12,22H,5-6,9H2,(H,23,25). The molecule has 0 fully saturated rings. The van der Waals surface area contributed by atoms with Crippen LogP contribution in [0.2, 0.25) is 0 Å². The van der Waals surface area contributed by atoms with Crippen molar-refractivity contribution in [3.8, 4) is 0 Å². The Bertz CT molecular complexity index is 884. The molecule has 1 aliphatic rings. The van der Waals surface area contributed by atoms with Gasteiger partial charge in [0.25, 0.3) is 5.69 Å². The van der Waals surface area contributed by atoms with Gasteiger partial charge in [0.1, 0.15) is 5.69 Å². The number of fused-ring (bicyclic) bond motifs is 1. The van der Waals surface area contributed by atoms with Crippen molar-refractivity contribution >= 4 is 17.3 Å². The summed E-state index contributed by atoms with van der Waals surface area (Å²) < 4.78 is 38.1. The molecule has 1 unspecified atom stereocenters. The second-order valence-electron chi connectivity index (χ2n) is 6.30. The Hall–Kier alpha value is -3.10. The second-order valence-corrected chi connectivity index (χ2v) is 6.30. The number of anilines is 1. The number of alkyl halides is 3. The highest BCUT2D eigenvalue weighted by atomic mass is 19.4. The molecule has 0 heterocycles. The predicted octanol–water partition coefficient (Wildman–Crippen LogP) is 4.18. The van der Waals surface area contributed by atoms with Crippen molar-refractivity contribution < 1.29 is 22.9 Å². The van der Waals surface area contributed by atoms with Gasteiger partial charge in [-0.3, -0.25) is 25.8 Å². The number of hydrogen-bond donors (Lipinski definition) is 2. The third-order valence-electron chi connectivity index (χ3n) is 4.55. The minimum Gasteiger partial charge on any atom is -0.292 e. The first-order valence-corrected chi connectivity index (χ1v) is 8.24. The molecule has 1 amide bonds. The molecule has 2 aromatic rings. The first-order valence-electron chi connectivity index (χ1n) is 8.24. The van der Waals surface area contributed by atoms with E-state index in [-0.39, 0.29) is 18.0 Å². The summed E-state index contributed by atoms with van der Waals surface area (Å²) in [5.41, 5.74) is 4.89. The lowest BCUT2D eigenvalue weighted by molar-refractivity contribution is -0.384. The molecule has 0 saturated heterocycles. The van der Waals surface area contributed by atoms with Crippen LogP contribution in [0, 0.1) is 10.1 Å². The molecule has 142 valence electrons. The van der Waals surface area contributed by atoms with Crippen molar-refractivity contribution in [2.24, 2.45) is 0 Å². The highest BCUT2D eigenvalue weighted by molar-refractivity contribution is 5.79. The largest absolute Gasteiger partial charge is 0.416 e. The van der Waals surface area contributed by atoms with E-state index in [2.05, 4.69) is 10.9 Å². The summed E-state index contributed by atoms with van der Waals surface area (Å²) in [7, 11) is 0. The molecule has 3 rings (SSSR count).